The second-order valence-electron chi connectivity index (χ2n) is 9.11. The van der Waals surface area contributed by atoms with E-state index in [0.29, 0.717) is 6.54 Å². The van der Waals surface area contributed by atoms with Crippen LogP contribution in [0.2, 0.25) is 5.02 Å². The third-order valence-corrected chi connectivity index (χ3v) is 8.44. The second kappa shape index (κ2) is 6.35. The number of nitrogens with one attached hydrogen (secondary N) is 1. The molecule has 4 aliphatic rings. The minimum absolute atomic E-state index is 0.0686. The van der Waals surface area contributed by atoms with Crippen molar-refractivity contribution in [2.45, 2.75) is 64.5 Å². The fourth-order valence-corrected chi connectivity index (χ4v) is 7.08. The van der Waals surface area contributed by atoms with E-state index in [1.807, 2.05) is 24.6 Å². The lowest BCUT2D eigenvalue weighted by Gasteiger charge is -2.56. The van der Waals surface area contributed by atoms with E-state index in [4.69, 9.17) is 11.6 Å². The van der Waals surface area contributed by atoms with Crippen molar-refractivity contribution in [1.29, 1.82) is 0 Å². The van der Waals surface area contributed by atoms with Gasteiger partial charge in [-0.2, -0.15) is 5.10 Å². The molecule has 1 N–H and O–H groups in total. The summed E-state index contributed by atoms with van der Waals surface area (Å²) in [6, 6.07) is 2.02. The summed E-state index contributed by atoms with van der Waals surface area (Å²) in [6.07, 6.45) is 7.74. The number of carbonyl (C=O) groups is 1. The van der Waals surface area contributed by atoms with Gasteiger partial charge < -0.3 is 5.32 Å². The molecule has 0 spiro atoms. The number of nitrogens with zero attached hydrogens (tertiary/aromatic N) is 2. The van der Waals surface area contributed by atoms with Gasteiger partial charge in [0.15, 0.2) is 0 Å². The van der Waals surface area contributed by atoms with E-state index in [2.05, 4.69) is 15.8 Å². The lowest BCUT2D eigenvalue weighted by molar-refractivity contribution is -0.0166. The Morgan fingerprint density at radius 3 is 2.44 bits per heavy atom. The Labute approximate surface area is 169 Å². The summed E-state index contributed by atoms with van der Waals surface area (Å²) in [5.41, 5.74) is 3.00. The number of amides is 1. The highest BCUT2D eigenvalue weighted by Gasteiger charge is 2.51. The van der Waals surface area contributed by atoms with Gasteiger partial charge in [0.1, 0.15) is 0 Å². The molecule has 27 heavy (non-hydrogen) atoms. The van der Waals surface area contributed by atoms with Crippen molar-refractivity contribution in [3.05, 3.63) is 38.3 Å². The highest BCUT2D eigenvalue weighted by atomic mass is 35.5. The van der Waals surface area contributed by atoms with E-state index in [1.54, 1.807) is 0 Å². The molecule has 0 atom stereocenters. The number of rotatable bonds is 4. The number of hydrogen-bond acceptors (Lipinski definition) is 3. The first-order valence-corrected chi connectivity index (χ1v) is 11.3. The summed E-state index contributed by atoms with van der Waals surface area (Å²) in [7, 11) is 0. The molecule has 6 heteroatoms. The predicted molar refractivity (Wildman–Crippen MR) is 109 cm³/mol. The minimum atomic E-state index is 0.0686. The molecule has 4 fully saturated rings. The Bertz CT molecular complexity index is 864. The van der Waals surface area contributed by atoms with Crippen LogP contribution in [0.3, 0.4) is 0 Å². The molecule has 2 aromatic rings. The zero-order valence-corrected chi connectivity index (χ0v) is 17.5. The van der Waals surface area contributed by atoms with Gasteiger partial charge in [-0.3, -0.25) is 9.48 Å². The van der Waals surface area contributed by atoms with Gasteiger partial charge in [-0.05, 0) is 87.1 Å². The zero-order valence-electron chi connectivity index (χ0n) is 15.9. The third-order valence-electron chi connectivity index (χ3n) is 6.92. The summed E-state index contributed by atoms with van der Waals surface area (Å²) >= 11 is 7.78. The molecule has 0 aromatic carbocycles. The van der Waals surface area contributed by atoms with Crippen LogP contribution in [0, 0.1) is 31.6 Å². The first-order valence-electron chi connectivity index (χ1n) is 10.0. The highest BCUT2D eigenvalue weighted by molar-refractivity contribution is 7.12. The van der Waals surface area contributed by atoms with Crippen LogP contribution in [-0.4, -0.2) is 21.2 Å². The normalized spacial score (nSPS) is 31.4. The van der Waals surface area contributed by atoms with E-state index < -0.39 is 0 Å². The fourth-order valence-electron chi connectivity index (χ4n) is 6.15. The average molecular weight is 404 g/mol. The van der Waals surface area contributed by atoms with Gasteiger partial charge in [-0.1, -0.05) is 11.6 Å². The molecule has 2 aromatic heterocycles. The van der Waals surface area contributed by atoms with Gasteiger partial charge in [0.25, 0.3) is 5.91 Å². The van der Waals surface area contributed by atoms with Crippen LogP contribution in [0.4, 0.5) is 0 Å². The Balaban J connectivity index is 1.30. The summed E-state index contributed by atoms with van der Waals surface area (Å²) in [5, 5.41) is 10.8. The smallest absolute Gasteiger partial charge is 0.261 e. The number of hydrogen-bond donors (Lipinski definition) is 1. The van der Waals surface area contributed by atoms with E-state index >= 15 is 0 Å². The Morgan fingerprint density at radius 1 is 1.26 bits per heavy atom. The topological polar surface area (TPSA) is 46.9 Å². The first kappa shape index (κ1) is 17.7. The van der Waals surface area contributed by atoms with Crippen molar-refractivity contribution >= 4 is 28.8 Å². The van der Waals surface area contributed by atoms with Crippen LogP contribution in [0.25, 0.3) is 0 Å². The molecular formula is C21H26ClN3OS. The molecule has 4 bridgehead atoms. The Morgan fingerprint density at radius 2 is 1.89 bits per heavy atom. The van der Waals surface area contributed by atoms with Crippen molar-refractivity contribution in [3.63, 3.8) is 0 Å². The third kappa shape index (κ3) is 3.13. The van der Waals surface area contributed by atoms with Crippen molar-refractivity contribution in [1.82, 2.24) is 15.1 Å². The van der Waals surface area contributed by atoms with Crippen molar-refractivity contribution in [2.24, 2.45) is 17.8 Å². The molecule has 144 valence electrons. The summed E-state index contributed by atoms with van der Waals surface area (Å²) in [6.45, 7) is 4.56. The summed E-state index contributed by atoms with van der Waals surface area (Å²) in [4.78, 5) is 13.8. The second-order valence-corrected chi connectivity index (χ2v) is 10.4. The van der Waals surface area contributed by atoms with Gasteiger partial charge in [0.05, 0.1) is 27.8 Å². The number of carbonyl (C=O) groups excluding carboxylic acids is 1. The number of aryl methyl sites for hydroxylation is 1. The monoisotopic (exact) mass is 403 g/mol. The van der Waals surface area contributed by atoms with Crippen LogP contribution in [0.5, 0.6) is 0 Å². The predicted octanol–water partition coefficient (Wildman–Crippen LogP) is 4.96. The number of halogens is 1. The van der Waals surface area contributed by atoms with Crippen LogP contribution in [0.15, 0.2) is 11.4 Å². The van der Waals surface area contributed by atoms with E-state index in [1.165, 1.54) is 49.9 Å². The molecule has 0 radical (unpaired) electrons. The van der Waals surface area contributed by atoms with Gasteiger partial charge in [-0.15, -0.1) is 11.3 Å². The van der Waals surface area contributed by atoms with Gasteiger partial charge in [-0.25, -0.2) is 0 Å². The SMILES string of the molecule is Cc1nn(Cc2csc(C(=O)NC34CC5CC(CC(C5)C3)C4)c2)c(C)c1Cl. The molecular weight excluding hydrogens is 378 g/mol. The molecule has 2 heterocycles. The maximum absolute atomic E-state index is 13.0. The minimum Gasteiger partial charge on any atom is -0.346 e. The van der Waals surface area contributed by atoms with Crippen LogP contribution >= 0.6 is 22.9 Å². The molecule has 4 nitrogen and oxygen atoms in total. The lowest BCUT2D eigenvalue weighted by atomic mass is 9.53. The number of thiophene rings is 1. The molecule has 4 saturated carbocycles. The fraction of sp³-hybridized carbons (Fsp3) is 0.619. The van der Waals surface area contributed by atoms with E-state index in [9.17, 15) is 4.79 Å². The molecule has 0 saturated heterocycles. The standard InChI is InChI=1S/C21H26ClN3OS/c1-12-19(22)13(2)25(24-12)10-17-6-18(27-11-17)20(26)23-21-7-14-3-15(8-21)5-16(4-14)9-21/h6,11,14-16H,3-5,7-10H2,1-2H3,(H,23,26). The van der Waals surface area contributed by atoms with Gasteiger partial charge in [0, 0.05) is 5.54 Å². The first-order chi connectivity index (χ1) is 12.9. The van der Waals surface area contributed by atoms with E-state index in [0.717, 1.165) is 44.6 Å². The molecule has 6 rings (SSSR count). The maximum atomic E-state index is 13.0. The van der Waals surface area contributed by atoms with Crippen molar-refractivity contribution < 1.29 is 4.79 Å². The molecule has 1 amide bonds. The molecule has 4 aliphatic carbocycles. The molecule has 0 aliphatic heterocycles. The quantitative estimate of drug-likeness (QED) is 0.784. The summed E-state index contributed by atoms with van der Waals surface area (Å²) in [5.74, 6) is 2.63. The maximum Gasteiger partial charge on any atom is 0.261 e. The number of aromatic nitrogens is 2. The Hall–Kier alpha value is -1.33. The van der Waals surface area contributed by atoms with E-state index in [-0.39, 0.29) is 11.4 Å². The van der Waals surface area contributed by atoms with Crippen LogP contribution < -0.4 is 5.32 Å². The zero-order chi connectivity index (χ0) is 18.8. The average Bonchev–Trinajstić information content (AvgIpc) is 3.15. The van der Waals surface area contributed by atoms with Gasteiger partial charge >= 0.3 is 0 Å². The van der Waals surface area contributed by atoms with Crippen molar-refractivity contribution in [2.75, 3.05) is 0 Å². The highest BCUT2D eigenvalue weighted by Crippen LogP contribution is 2.55. The lowest BCUT2D eigenvalue weighted by Crippen LogP contribution is -2.59. The largest absolute Gasteiger partial charge is 0.346 e. The van der Waals surface area contributed by atoms with Crippen LogP contribution in [0.1, 0.15) is 65.1 Å². The summed E-state index contributed by atoms with van der Waals surface area (Å²) < 4.78 is 1.92. The van der Waals surface area contributed by atoms with Crippen molar-refractivity contribution in [3.8, 4) is 0 Å². The van der Waals surface area contributed by atoms with Crippen LogP contribution in [-0.2, 0) is 6.54 Å². The van der Waals surface area contributed by atoms with Gasteiger partial charge in [0.2, 0.25) is 0 Å². The molecule has 0 unspecified atom stereocenters. The Kier molecular flexibility index (Phi) is 4.17.